The lowest BCUT2D eigenvalue weighted by Gasteiger charge is -2.37. The van der Waals surface area contributed by atoms with Crippen LogP contribution < -0.4 is 15.5 Å². The van der Waals surface area contributed by atoms with Crippen molar-refractivity contribution >= 4 is 23.2 Å². The van der Waals surface area contributed by atoms with Gasteiger partial charge in [-0.1, -0.05) is 37.8 Å². The molecule has 0 aliphatic carbocycles. The van der Waals surface area contributed by atoms with Crippen LogP contribution in [0.3, 0.4) is 0 Å². The van der Waals surface area contributed by atoms with E-state index in [0.717, 1.165) is 29.9 Å². The summed E-state index contributed by atoms with van der Waals surface area (Å²) in [7, 11) is 0. The Kier molecular flexibility index (Phi) is 8.19. The summed E-state index contributed by atoms with van der Waals surface area (Å²) in [4.78, 5) is 20.1. The van der Waals surface area contributed by atoms with Gasteiger partial charge in [-0.2, -0.15) is 0 Å². The maximum Gasteiger partial charge on any atom is 0.313 e. The standard InChI is InChI=1S/C25H26FN5O2.CH4/c26-25-20(17-33-24(32)15-23(27)28)3-1-5-22(25)31-13-11-30(12-14-31)21-8-6-18(7-9-21)19-4-2-10-29-16-19;/h1-10,16H,11-15,17H2,(H3,27,28);1H4. The smallest absolute Gasteiger partial charge is 0.313 e. The minimum Gasteiger partial charge on any atom is -0.460 e. The highest BCUT2D eigenvalue weighted by Crippen LogP contribution is 2.27. The van der Waals surface area contributed by atoms with Gasteiger partial charge in [0.1, 0.15) is 18.9 Å². The van der Waals surface area contributed by atoms with E-state index >= 15 is 4.39 Å². The number of esters is 1. The van der Waals surface area contributed by atoms with Crippen LogP contribution in [0.1, 0.15) is 19.4 Å². The molecular weight excluding hydrogens is 433 g/mol. The van der Waals surface area contributed by atoms with Crippen LogP contribution in [0.25, 0.3) is 11.1 Å². The first-order valence-electron chi connectivity index (χ1n) is 10.8. The van der Waals surface area contributed by atoms with Gasteiger partial charge in [0.15, 0.2) is 5.82 Å². The van der Waals surface area contributed by atoms with E-state index in [4.69, 9.17) is 15.9 Å². The fraction of sp³-hybridized carbons (Fsp3) is 0.269. The Hall–Kier alpha value is -3.94. The Balaban J connectivity index is 0.00000324. The fourth-order valence-corrected chi connectivity index (χ4v) is 3.89. The van der Waals surface area contributed by atoms with Crippen LogP contribution in [0.4, 0.5) is 15.8 Å². The van der Waals surface area contributed by atoms with Crippen molar-refractivity contribution in [1.29, 1.82) is 5.41 Å². The third-order valence-corrected chi connectivity index (χ3v) is 5.63. The second-order valence-electron chi connectivity index (χ2n) is 7.88. The number of pyridine rings is 1. The average Bonchev–Trinajstić information content (AvgIpc) is 2.84. The van der Waals surface area contributed by atoms with Crippen LogP contribution in [0.5, 0.6) is 0 Å². The molecule has 1 aliphatic heterocycles. The number of benzene rings is 2. The first-order chi connectivity index (χ1) is 16.0. The van der Waals surface area contributed by atoms with Gasteiger partial charge in [0, 0.05) is 49.8 Å². The highest BCUT2D eigenvalue weighted by atomic mass is 19.1. The molecule has 1 saturated heterocycles. The molecule has 0 spiro atoms. The van der Waals surface area contributed by atoms with E-state index in [9.17, 15) is 4.79 Å². The van der Waals surface area contributed by atoms with Crippen molar-refractivity contribution in [2.24, 2.45) is 5.73 Å². The van der Waals surface area contributed by atoms with Crippen LogP contribution in [0, 0.1) is 11.2 Å². The zero-order valence-corrected chi connectivity index (χ0v) is 18.2. The molecule has 8 heteroatoms. The van der Waals surface area contributed by atoms with E-state index in [-0.39, 0.29) is 32.1 Å². The van der Waals surface area contributed by atoms with Crippen molar-refractivity contribution in [3.05, 3.63) is 78.4 Å². The van der Waals surface area contributed by atoms with Crippen LogP contribution in [-0.4, -0.2) is 43.0 Å². The monoisotopic (exact) mass is 463 g/mol. The van der Waals surface area contributed by atoms with Crippen molar-refractivity contribution < 1.29 is 13.9 Å². The predicted octanol–water partition coefficient (Wildman–Crippen LogP) is 4.22. The normalized spacial score (nSPS) is 13.2. The molecular formula is C26H30FN5O2. The lowest BCUT2D eigenvalue weighted by atomic mass is 10.1. The van der Waals surface area contributed by atoms with Crippen molar-refractivity contribution in [3.8, 4) is 11.1 Å². The summed E-state index contributed by atoms with van der Waals surface area (Å²) in [6.45, 7) is 2.70. The number of nitrogens with zero attached hydrogens (tertiary/aromatic N) is 3. The number of halogens is 1. The molecule has 2 heterocycles. The fourth-order valence-electron chi connectivity index (χ4n) is 3.89. The number of hydrogen-bond acceptors (Lipinski definition) is 6. The summed E-state index contributed by atoms with van der Waals surface area (Å²) in [5.41, 5.74) is 9.33. The van der Waals surface area contributed by atoms with E-state index < -0.39 is 5.97 Å². The number of amidine groups is 1. The number of carbonyl (C=O) groups is 1. The quantitative estimate of drug-likeness (QED) is 0.309. The van der Waals surface area contributed by atoms with Crippen LogP contribution in [-0.2, 0) is 16.1 Å². The molecule has 34 heavy (non-hydrogen) atoms. The van der Waals surface area contributed by atoms with Gasteiger partial charge in [0.05, 0.1) is 5.69 Å². The molecule has 0 radical (unpaired) electrons. The van der Waals surface area contributed by atoms with Crippen LogP contribution in [0.15, 0.2) is 67.0 Å². The minimum absolute atomic E-state index is 0. The van der Waals surface area contributed by atoms with E-state index in [2.05, 4.69) is 34.1 Å². The molecule has 2 aromatic carbocycles. The highest BCUT2D eigenvalue weighted by molar-refractivity contribution is 5.94. The number of nitrogens with two attached hydrogens (primary N) is 1. The first kappa shape index (κ1) is 24.7. The molecule has 1 aromatic heterocycles. The maximum atomic E-state index is 15.1. The second kappa shape index (κ2) is 11.3. The first-order valence-corrected chi connectivity index (χ1v) is 10.8. The molecule has 7 nitrogen and oxygen atoms in total. The lowest BCUT2D eigenvalue weighted by molar-refractivity contribution is -0.143. The Morgan fingerprint density at radius 1 is 1.00 bits per heavy atom. The number of anilines is 2. The number of piperazine rings is 1. The molecule has 1 aliphatic rings. The molecule has 1 fully saturated rings. The van der Waals surface area contributed by atoms with Gasteiger partial charge < -0.3 is 20.3 Å². The van der Waals surface area contributed by atoms with Gasteiger partial charge in [-0.3, -0.25) is 15.2 Å². The maximum absolute atomic E-state index is 15.1. The van der Waals surface area contributed by atoms with E-state index in [1.54, 1.807) is 24.4 Å². The number of carbonyl (C=O) groups excluding carboxylic acids is 1. The Morgan fingerprint density at radius 3 is 2.35 bits per heavy atom. The summed E-state index contributed by atoms with van der Waals surface area (Å²) >= 11 is 0. The molecule has 0 unspecified atom stereocenters. The molecule has 0 atom stereocenters. The summed E-state index contributed by atoms with van der Waals surface area (Å²) in [6.07, 6.45) is 3.31. The molecule has 4 rings (SSSR count). The molecule has 3 aromatic rings. The van der Waals surface area contributed by atoms with Gasteiger partial charge in [-0.25, -0.2) is 4.39 Å². The van der Waals surface area contributed by atoms with Crippen molar-refractivity contribution in [1.82, 2.24) is 4.98 Å². The van der Waals surface area contributed by atoms with Gasteiger partial charge in [0.25, 0.3) is 0 Å². The van der Waals surface area contributed by atoms with E-state index in [1.165, 1.54) is 0 Å². The third kappa shape index (κ3) is 5.89. The number of hydrogen-bond donors (Lipinski definition) is 2. The van der Waals surface area contributed by atoms with Crippen LogP contribution in [0.2, 0.25) is 0 Å². The van der Waals surface area contributed by atoms with Gasteiger partial charge in [0.2, 0.25) is 0 Å². The molecule has 3 N–H and O–H groups in total. The summed E-state index contributed by atoms with van der Waals surface area (Å²) in [6, 6.07) is 17.5. The lowest BCUT2D eigenvalue weighted by Crippen LogP contribution is -2.46. The predicted molar refractivity (Wildman–Crippen MR) is 134 cm³/mol. The Bertz CT molecular complexity index is 1110. The molecule has 0 bridgehead atoms. The largest absolute Gasteiger partial charge is 0.460 e. The second-order valence-corrected chi connectivity index (χ2v) is 7.88. The number of rotatable bonds is 7. The number of ether oxygens (including phenoxy) is 1. The molecule has 178 valence electrons. The topological polar surface area (TPSA) is 95.5 Å². The van der Waals surface area contributed by atoms with Crippen molar-refractivity contribution in [2.45, 2.75) is 20.5 Å². The summed E-state index contributed by atoms with van der Waals surface area (Å²) in [5, 5.41) is 7.14. The van der Waals surface area contributed by atoms with E-state index in [1.807, 2.05) is 23.2 Å². The zero-order chi connectivity index (χ0) is 23.2. The highest BCUT2D eigenvalue weighted by Gasteiger charge is 2.21. The van der Waals surface area contributed by atoms with E-state index in [0.29, 0.717) is 24.3 Å². The SMILES string of the molecule is C.N=C(N)CC(=O)OCc1cccc(N2CCN(c3ccc(-c4cccnc4)cc3)CC2)c1F. The molecule has 0 saturated carbocycles. The van der Waals surface area contributed by atoms with Gasteiger partial charge in [-0.15, -0.1) is 0 Å². The average molecular weight is 464 g/mol. The van der Waals surface area contributed by atoms with Crippen molar-refractivity contribution in [3.63, 3.8) is 0 Å². The minimum atomic E-state index is -0.643. The Labute approximate surface area is 199 Å². The summed E-state index contributed by atoms with van der Waals surface area (Å²) in [5.74, 6) is -1.31. The Morgan fingerprint density at radius 2 is 1.71 bits per heavy atom. The number of nitrogens with one attached hydrogen (secondary N) is 1. The summed E-state index contributed by atoms with van der Waals surface area (Å²) < 4.78 is 20.1. The molecule has 0 amide bonds. The van der Waals surface area contributed by atoms with Crippen LogP contribution >= 0.6 is 0 Å². The number of aromatic nitrogens is 1. The van der Waals surface area contributed by atoms with Crippen molar-refractivity contribution in [2.75, 3.05) is 36.0 Å². The third-order valence-electron chi connectivity index (χ3n) is 5.63. The van der Waals surface area contributed by atoms with Gasteiger partial charge >= 0.3 is 5.97 Å². The zero-order valence-electron chi connectivity index (χ0n) is 18.2. The van der Waals surface area contributed by atoms with Gasteiger partial charge in [-0.05, 0) is 35.4 Å².